The first-order valence-corrected chi connectivity index (χ1v) is 11.7. The Morgan fingerprint density at radius 2 is 1.74 bits per heavy atom. The maximum atomic E-state index is 13.5. The first-order chi connectivity index (χ1) is 16.7. The Morgan fingerprint density at radius 3 is 2.31 bits per heavy atom. The molecule has 0 radical (unpaired) electrons. The van der Waals surface area contributed by atoms with Gasteiger partial charge in [0.15, 0.2) is 11.3 Å². The van der Waals surface area contributed by atoms with Crippen LogP contribution in [0.15, 0.2) is 30.3 Å². The van der Waals surface area contributed by atoms with Gasteiger partial charge in [-0.3, -0.25) is 0 Å². The highest BCUT2D eigenvalue weighted by molar-refractivity contribution is 5.98. The number of carboxylic acids is 1. The van der Waals surface area contributed by atoms with Crippen molar-refractivity contribution in [3.8, 4) is 5.69 Å². The van der Waals surface area contributed by atoms with Crippen molar-refractivity contribution < 1.29 is 23.8 Å². The topological polar surface area (TPSA) is 101 Å². The summed E-state index contributed by atoms with van der Waals surface area (Å²) in [7, 11) is 0. The summed E-state index contributed by atoms with van der Waals surface area (Å²) in [6.07, 6.45) is -0.337. The van der Waals surface area contributed by atoms with Crippen LogP contribution in [-0.2, 0) is 4.74 Å². The van der Waals surface area contributed by atoms with E-state index in [1.165, 1.54) is 12.1 Å². The molecule has 0 unspecified atom stereocenters. The second-order valence-corrected chi connectivity index (χ2v) is 9.40. The van der Waals surface area contributed by atoms with Crippen LogP contribution in [0.5, 0.6) is 0 Å². The molecule has 1 aliphatic rings. The van der Waals surface area contributed by atoms with Crippen LogP contribution in [-0.4, -0.2) is 69.6 Å². The fourth-order valence-corrected chi connectivity index (χ4v) is 4.11. The molecule has 3 aromatic rings. The molecule has 1 N–H and O–H groups in total. The van der Waals surface area contributed by atoms with Crippen molar-refractivity contribution in [2.24, 2.45) is 5.92 Å². The van der Waals surface area contributed by atoms with E-state index in [1.54, 1.807) is 27.8 Å². The van der Waals surface area contributed by atoms with Gasteiger partial charge in [0, 0.05) is 26.2 Å². The molecule has 0 spiro atoms. The lowest BCUT2D eigenvalue weighted by Gasteiger charge is -2.36. The summed E-state index contributed by atoms with van der Waals surface area (Å²) in [4.78, 5) is 32.5. The number of benzene rings is 1. The van der Waals surface area contributed by atoms with E-state index in [9.17, 15) is 19.1 Å². The van der Waals surface area contributed by atoms with Crippen LogP contribution in [0, 0.1) is 11.7 Å². The Hall–Kier alpha value is -3.69. The molecule has 3 heterocycles. The Labute approximate surface area is 203 Å². The third-order valence-electron chi connectivity index (χ3n) is 5.90. The van der Waals surface area contributed by atoms with Crippen molar-refractivity contribution in [1.82, 2.24) is 19.7 Å². The van der Waals surface area contributed by atoms with Crippen LogP contribution in [0.3, 0.4) is 0 Å². The first kappa shape index (κ1) is 24.4. The minimum Gasteiger partial charge on any atom is -0.477 e. The number of rotatable bonds is 6. The summed E-state index contributed by atoms with van der Waals surface area (Å²) >= 11 is 0. The van der Waals surface area contributed by atoms with Gasteiger partial charge in [-0.1, -0.05) is 27.7 Å². The summed E-state index contributed by atoms with van der Waals surface area (Å²) in [5.74, 6) is -1.24. The molecule has 0 atom stereocenters. The average molecular weight is 484 g/mol. The Bertz CT molecular complexity index is 1230. The zero-order chi connectivity index (χ0) is 25.3. The normalized spacial score (nSPS) is 14.3. The number of piperazine rings is 1. The number of hydrogen-bond donors (Lipinski definition) is 1. The number of carbonyl (C=O) groups excluding carboxylic acids is 1. The number of carbonyl (C=O) groups is 2. The van der Waals surface area contributed by atoms with Crippen molar-refractivity contribution in [1.29, 1.82) is 0 Å². The quantitative estimate of drug-likeness (QED) is 0.558. The van der Waals surface area contributed by atoms with E-state index in [0.29, 0.717) is 49.8 Å². The highest BCUT2D eigenvalue weighted by Crippen LogP contribution is 2.35. The van der Waals surface area contributed by atoms with Crippen LogP contribution in [0.2, 0.25) is 0 Å². The van der Waals surface area contributed by atoms with Gasteiger partial charge in [0.2, 0.25) is 0 Å². The molecule has 186 valence electrons. The molecule has 2 aromatic heterocycles. The van der Waals surface area contributed by atoms with Gasteiger partial charge in [0.1, 0.15) is 5.82 Å². The molecule has 35 heavy (non-hydrogen) atoms. The van der Waals surface area contributed by atoms with Crippen molar-refractivity contribution in [3.63, 3.8) is 0 Å². The predicted molar refractivity (Wildman–Crippen MR) is 130 cm³/mol. The van der Waals surface area contributed by atoms with Gasteiger partial charge in [-0.25, -0.2) is 23.6 Å². The van der Waals surface area contributed by atoms with E-state index in [0.717, 1.165) is 11.1 Å². The standard InChI is InChI=1S/C25H30FN5O4/c1-15(2)14-35-25(34)30-11-9-29(10-12-30)20-13-19(24(32)33)27-23-21(20)22(16(3)4)28-31(23)18-7-5-17(26)6-8-18/h5-8,13,15-16H,9-12,14H2,1-4H3,(H,32,33). The summed E-state index contributed by atoms with van der Waals surface area (Å²) in [5, 5.41) is 15.3. The third-order valence-corrected chi connectivity index (χ3v) is 5.90. The summed E-state index contributed by atoms with van der Waals surface area (Å²) in [5.41, 5.74) is 2.35. The molecule has 4 rings (SSSR count). The highest BCUT2D eigenvalue weighted by atomic mass is 19.1. The minimum absolute atomic E-state index is 0.0303. The molecule has 1 aromatic carbocycles. The Balaban J connectivity index is 1.74. The van der Waals surface area contributed by atoms with Crippen molar-refractivity contribution >= 4 is 28.8 Å². The van der Waals surface area contributed by atoms with Crippen molar-refractivity contribution in [3.05, 3.63) is 47.5 Å². The van der Waals surface area contributed by atoms with Crippen molar-refractivity contribution in [2.45, 2.75) is 33.6 Å². The van der Waals surface area contributed by atoms with Gasteiger partial charge >= 0.3 is 12.1 Å². The first-order valence-electron chi connectivity index (χ1n) is 11.7. The Morgan fingerprint density at radius 1 is 1.09 bits per heavy atom. The van der Waals surface area contributed by atoms with E-state index in [-0.39, 0.29) is 29.4 Å². The number of amides is 1. The lowest BCUT2D eigenvalue weighted by molar-refractivity contribution is 0.0690. The lowest BCUT2D eigenvalue weighted by atomic mass is 10.0. The van der Waals surface area contributed by atoms with E-state index in [2.05, 4.69) is 9.88 Å². The van der Waals surface area contributed by atoms with Gasteiger partial charge in [-0.2, -0.15) is 5.10 Å². The zero-order valence-corrected chi connectivity index (χ0v) is 20.4. The number of pyridine rings is 1. The zero-order valence-electron chi connectivity index (χ0n) is 20.4. The van der Waals surface area contributed by atoms with Crippen LogP contribution >= 0.6 is 0 Å². The van der Waals surface area contributed by atoms with Gasteiger partial charge < -0.3 is 19.6 Å². The molecule has 10 heteroatoms. The molecule has 0 saturated carbocycles. The van der Waals surface area contributed by atoms with E-state index >= 15 is 0 Å². The summed E-state index contributed by atoms with van der Waals surface area (Å²) in [6, 6.07) is 7.40. The number of fused-ring (bicyclic) bond motifs is 1. The summed E-state index contributed by atoms with van der Waals surface area (Å²) in [6.45, 7) is 10.3. The van der Waals surface area contributed by atoms with Crippen LogP contribution in [0.1, 0.15) is 49.8 Å². The molecule has 0 bridgehead atoms. The molecular formula is C25H30FN5O4. The SMILES string of the molecule is CC(C)COC(=O)N1CCN(c2cc(C(=O)O)nc3c2c(C(C)C)nn3-c2ccc(F)cc2)CC1. The van der Waals surface area contributed by atoms with Crippen molar-refractivity contribution in [2.75, 3.05) is 37.7 Å². The number of ether oxygens (including phenoxy) is 1. The Kier molecular flexibility index (Phi) is 6.90. The van der Waals surface area contributed by atoms with Gasteiger partial charge in [0.05, 0.1) is 29.1 Å². The van der Waals surface area contributed by atoms with Gasteiger partial charge in [-0.15, -0.1) is 0 Å². The lowest BCUT2D eigenvalue weighted by Crippen LogP contribution is -2.49. The molecule has 1 saturated heterocycles. The fraction of sp³-hybridized carbons (Fsp3) is 0.440. The number of nitrogens with zero attached hydrogens (tertiary/aromatic N) is 5. The predicted octanol–water partition coefficient (Wildman–Crippen LogP) is 4.30. The van der Waals surface area contributed by atoms with Crippen LogP contribution < -0.4 is 4.90 Å². The largest absolute Gasteiger partial charge is 0.477 e. The third kappa shape index (κ3) is 5.06. The van der Waals surface area contributed by atoms with E-state index in [1.807, 2.05) is 27.7 Å². The molecule has 1 fully saturated rings. The molecule has 9 nitrogen and oxygen atoms in total. The van der Waals surface area contributed by atoms with E-state index < -0.39 is 5.97 Å². The number of aromatic carboxylic acids is 1. The van der Waals surface area contributed by atoms with Gasteiger partial charge in [-0.05, 0) is 42.2 Å². The maximum Gasteiger partial charge on any atom is 0.409 e. The number of anilines is 1. The van der Waals surface area contributed by atoms with Gasteiger partial charge in [0.25, 0.3) is 0 Å². The van der Waals surface area contributed by atoms with Crippen LogP contribution in [0.25, 0.3) is 16.7 Å². The summed E-state index contributed by atoms with van der Waals surface area (Å²) < 4.78 is 20.5. The second kappa shape index (κ2) is 9.89. The number of halogens is 1. The second-order valence-electron chi connectivity index (χ2n) is 9.40. The van der Waals surface area contributed by atoms with Crippen LogP contribution in [0.4, 0.5) is 14.9 Å². The number of hydrogen-bond acceptors (Lipinski definition) is 6. The van der Waals surface area contributed by atoms with E-state index in [4.69, 9.17) is 9.84 Å². The maximum absolute atomic E-state index is 13.5. The smallest absolute Gasteiger partial charge is 0.409 e. The number of carboxylic acid groups (broad SMARTS) is 1. The number of aromatic nitrogens is 3. The molecule has 0 aliphatic carbocycles. The molecular weight excluding hydrogens is 453 g/mol. The molecule has 1 amide bonds. The highest BCUT2D eigenvalue weighted by Gasteiger charge is 2.28. The molecule has 1 aliphatic heterocycles. The average Bonchev–Trinajstić information content (AvgIpc) is 3.22. The fourth-order valence-electron chi connectivity index (χ4n) is 4.11. The monoisotopic (exact) mass is 483 g/mol. The minimum atomic E-state index is -1.15.